The molecule has 2 aromatic rings. The summed E-state index contributed by atoms with van der Waals surface area (Å²) in [7, 11) is 0. The van der Waals surface area contributed by atoms with Crippen LogP contribution in [0.15, 0.2) is 24.3 Å². The minimum atomic E-state index is -0.297. The van der Waals surface area contributed by atoms with Crippen LogP contribution in [0.2, 0.25) is 0 Å². The predicted molar refractivity (Wildman–Crippen MR) is 95.7 cm³/mol. The van der Waals surface area contributed by atoms with Gasteiger partial charge in [0, 0.05) is 19.0 Å². The molecule has 0 aliphatic carbocycles. The Hall–Kier alpha value is -1.95. The fourth-order valence-corrected chi connectivity index (χ4v) is 4.26. The van der Waals surface area contributed by atoms with Gasteiger partial charge in [-0.25, -0.2) is 4.98 Å². The average molecular weight is 345 g/mol. The van der Waals surface area contributed by atoms with Gasteiger partial charge in [-0.1, -0.05) is 12.1 Å². The Labute approximate surface area is 145 Å². The normalized spacial score (nSPS) is 21.1. The number of likely N-dealkylation sites (tertiary alicyclic amines) is 1. The van der Waals surface area contributed by atoms with Gasteiger partial charge < -0.3 is 10.6 Å². The molecular formula is C18H23N3O2S. The zero-order valence-electron chi connectivity index (χ0n) is 13.9. The third-order valence-corrected chi connectivity index (χ3v) is 5.82. The standard InChI is InChI=1S/C18H23N3O2S/c1-12-9-10-13(18(19)23)11-21(12)17(22)8-4-7-16-20-14-5-2-3-6-15(14)24-16/h2-3,5-6,12-13H,4,7-11H2,1H3,(H2,19,23)/t12-,13+/m0/s1. The average Bonchev–Trinajstić information content (AvgIpc) is 2.97. The van der Waals surface area contributed by atoms with Gasteiger partial charge in [-0.15, -0.1) is 11.3 Å². The molecule has 6 heteroatoms. The number of hydrogen-bond donors (Lipinski definition) is 1. The third-order valence-electron chi connectivity index (χ3n) is 4.72. The number of carbonyl (C=O) groups is 2. The number of primary amides is 1. The number of para-hydroxylation sites is 1. The maximum atomic E-state index is 12.5. The number of fused-ring (bicyclic) bond motifs is 1. The summed E-state index contributed by atoms with van der Waals surface area (Å²) >= 11 is 1.69. The van der Waals surface area contributed by atoms with Crippen molar-refractivity contribution in [3.8, 4) is 0 Å². The largest absolute Gasteiger partial charge is 0.369 e. The van der Waals surface area contributed by atoms with Crippen LogP contribution in [0.25, 0.3) is 10.2 Å². The minimum absolute atomic E-state index is 0.120. The number of nitrogens with zero attached hydrogens (tertiary/aromatic N) is 2. The molecule has 1 aromatic carbocycles. The Balaban J connectivity index is 1.53. The summed E-state index contributed by atoms with van der Waals surface area (Å²) in [5.41, 5.74) is 6.43. The van der Waals surface area contributed by atoms with E-state index in [1.807, 2.05) is 30.0 Å². The number of amides is 2. The maximum Gasteiger partial charge on any atom is 0.222 e. The van der Waals surface area contributed by atoms with Gasteiger partial charge in [0.05, 0.1) is 21.1 Å². The number of aryl methyl sites for hydroxylation is 1. The van der Waals surface area contributed by atoms with Gasteiger partial charge in [0.2, 0.25) is 11.8 Å². The molecule has 1 fully saturated rings. The van der Waals surface area contributed by atoms with Crippen molar-refractivity contribution in [1.29, 1.82) is 0 Å². The summed E-state index contributed by atoms with van der Waals surface area (Å²) in [4.78, 5) is 30.3. The lowest BCUT2D eigenvalue weighted by molar-refractivity contribution is -0.137. The van der Waals surface area contributed by atoms with Gasteiger partial charge in [-0.2, -0.15) is 0 Å². The van der Waals surface area contributed by atoms with Gasteiger partial charge in [0.1, 0.15) is 0 Å². The highest BCUT2D eigenvalue weighted by Gasteiger charge is 2.31. The molecule has 2 N–H and O–H groups in total. The zero-order chi connectivity index (χ0) is 17.1. The number of hydrogen-bond acceptors (Lipinski definition) is 4. The van der Waals surface area contributed by atoms with E-state index in [0.29, 0.717) is 13.0 Å². The SMILES string of the molecule is C[C@H]1CC[C@@H](C(N)=O)CN1C(=O)CCCc1nc2ccccc2s1. The monoisotopic (exact) mass is 345 g/mol. The molecule has 0 unspecified atom stereocenters. The highest BCUT2D eigenvalue weighted by molar-refractivity contribution is 7.18. The summed E-state index contributed by atoms with van der Waals surface area (Å²) in [6, 6.07) is 8.28. The highest BCUT2D eigenvalue weighted by Crippen LogP contribution is 2.25. The number of piperidine rings is 1. The molecule has 2 atom stereocenters. The summed E-state index contributed by atoms with van der Waals surface area (Å²) in [5.74, 6) is -0.377. The fourth-order valence-electron chi connectivity index (χ4n) is 3.25. The van der Waals surface area contributed by atoms with Crippen LogP contribution in [-0.4, -0.2) is 34.3 Å². The van der Waals surface area contributed by atoms with Crippen LogP contribution >= 0.6 is 11.3 Å². The Morgan fingerprint density at radius 1 is 1.33 bits per heavy atom. The van der Waals surface area contributed by atoms with Crippen LogP contribution in [0, 0.1) is 5.92 Å². The molecule has 1 aliphatic heterocycles. The Morgan fingerprint density at radius 3 is 2.88 bits per heavy atom. The van der Waals surface area contributed by atoms with Gasteiger partial charge in [0.25, 0.3) is 0 Å². The molecular weight excluding hydrogens is 322 g/mol. The van der Waals surface area contributed by atoms with E-state index >= 15 is 0 Å². The highest BCUT2D eigenvalue weighted by atomic mass is 32.1. The quantitative estimate of drug-likeness (QED) is 0.905. The summed E-state index contributed by atoms with van der Waals surface area (Å²) in [6.45, 7) is 2.51. The van der Waals surface area contributed by atoms with Crippen molar-refractivity contribution in [2.24, 2.45) is 11.7 Å². The Kier molecular flexibility index (Phi) is 5.14. The van der Waals surface area contributed by atoms with E-state index in [4.69, 9.17) is 5.73 Å². The Morgan fingerprint density at radius 2 is 2.12 bits per heavy atom. The van der Waals surface area contributed by atoms with Crippen molar-refractivity contribution in [2.75, 3.05) is 6.54 Å². The van der Waals surface area contributed by atoms with Crippen molar-refractivity contribution in [2.45, 2.75) is 45.1 Å². The minimum Gasteiger partial charge on any atom is -0.369 e. The third kappa shape index (κ3) is 3.75. The van der Waals surface area contributed by atoms with E-state index in [-0.39, 0.29) is 23.8 Å². The first kappa shape index (κ1) is 16.9. The van der Waals surface area contributed by atoms with E-state index in [1.165, 1.54) is 4.70 Å². The molecule has 3 rings (SSSR count). The first-order valence-corrected chi connectivity index (χ1v) is 9.29. The van der Waals surface area contributed by atoms with Crippen molar-refractivity contribution >= 4 is 33.4 Å². The topological polar surface area (TPSA) is 76.3 Å². The van der Waals surface area contributed by atoms with Gasteiger partial charge >= 0.3 is 0 Å². The number of rotatable bonds is 5. The van der Waals surface area contributed by atoms with E-state index in [9.17, 15) is 9.59 Å². The molecule has 1 aromatic heterocycles. The van der Waals surface area contributed by atoms with Crippen LogP contribution in [0.1, 0.15) is 37.6 Å². The van der Waals surface area contributed by atoms with Crippen molar-refractivity contribution in [1.82, 2.24) is 9.88 Å². The summed E-state index contributed by atoms with van der Waals surface area (Å²) in [6.07, 6.45) is 3.71. The second-order valence-corrected chi connectivity index (χ2v) is 7.62. The van der Waals surface area contributed by atoms with Crippen LogP contribution in [0.3, 0.4) is 0 Å². The summed E-state index contributed by atoms with van der Waals surface area (Å²) < 4.78 is 1.19. The molecule has 24 heavy (non-hydrogen) atoms. The van der Waals surface area contributed by atoms with E-state index in [0.717, 1.165) is 36.2 Å². The van der Waals surface area contributed by atoms with Gasteiger partial charge in [-0.3, -0.25) is 9.59 Å². The first-order chi connectivity index (χ1) is 11.5. The molecule has 0 saturated carbocycles. The number of aromatic nitrogens is 1. The number of carbonyl (C=O) groups excluding carboxylic acids is 2. The molecule has 128 valence electrons. The van der Waals surface area contributed by atoms with Gasteiger partial charge in [0.15, 0.2) is 0 Å². The van der Waals surface area contributed by atoms with Crippen molar-refractivity contribution in [3.63, 3.8) is 0 Å². The molecule has 2 amide bonds. The zero-order valence-corrected chi connectivity index (χ0v) is 14.7. The smallest absolute Gasteiger partial charge is 0.222 e. The van der Waals surface area contributed by atoms with Crippen LogP contribution in [0.4, 0.5) is 0 Å². The fraction of sp³-hybridized carbons (Fsp3) is 0.500. The lowest BCUT2D eigenvalue weighted by atomic mass is 9.92. The number of benzene rings is 1. The number of nitrogens with two attached hydrogens (primary N) is 1. The number of thiazole rings is 1. The van der Waals surface area contributed by atoms with Crippen LogP contribution in [-0.2, 0) is 16.0 Å². The molecule has 1 aliphatic rings. The lowest BCUT2D eigenvalue weighted by Crippen LogP contribution is -2.48. The Bertz CT molecular complexity index is 710. The molecule has 1 saturated heterocycles. The van der Waals surface area contributed by atoms with Gasteiger partial charge in [-0.05, 0) is 44.7 Å². The molecule has 0 bridgehead atoms. The second-order valence-electron chi connectivity index (χ2n) is 6.50. The second kappa shape index (κ2) is 7.30. The van der Waals surface area contributed by atoms with Crippen molar-refractivity contribution < 1.29 is 9.59 Å². The molecule has 2 heterocycles. The first-order valence-electron chi connectivity index (χ1n) is 8.48. The van der Waals surface area contributed by atoms with E-state index in [1.54, 1.807) is 11.3 Å². The summed E-state index contributed by atoms with van der Waals surface area (Å²) in [5, 5.41) is 1.07. The molecule has 5 nitrogen and oxygen atoms in total. The van der Waals surface area contributed by atoms with E-state index < -0.39 is 0 Å². The van der Waals surface area contributed by atoms with Crippen LogP contribution in [0.5, 0.6) is 0 Å². The lowest BCUT2D eigenvalue weighted by Gasteiger charge is -2.37. The molecule has 0 spiro atoms. The van der Waals surface area contributed by atoms with Crippen molar-refractivity contribution in [3.05, 3.63) is 29.3 Å². The predicted octanol–water partition coefficient (Wildman–Crippen LogP) is 2.73. The van der Waals surface area contributed by atoms with Crippen LogP contribution < -0.4 is 5.73 Å². The maximum absolute atomic E-state index is 12.5. The molecule has 0 radical (unpaired) electrons. The van der Waals surface area contributed by atoms with E-state index in [2.05, 4.69) is 11.1 Å².